The number of anilines is 1. The van der Waals surface area contributed by atoms with Crippen molar-refractivity contribution in [3.8, 4) is 0 Å². The van der Waals surface area contributed by atoms with E-state index in [9.17, 15) is 18.8 Å². The molecule has 2 heterocycles. The molecule has 1 fully saturated rings. The van der Waals surface area contributed by atoms with Gasteiger partial charge in [0.25, 0.3) is 0 Å². The highest BCUT2D eigenvalue weighted by molar-refractivity contribution is 7.07. The molecule has 0 aliphatic carbocycles. The molecule has 3 amide bonds. The SMILES string of the molecule is Cc1csc(=O)n1CCC(=O)N1CCN(C(=O)Nc2ccc(F)cc2)CC1. The van der Waals surface area contributed by atoms with Crippen LogP contribution in [0.5, 0.6) is 0 Å². The summed E-state index contributed by atoms with van der Waals surface area (Å²) in [6.45, 7) is 3.98. The van der Waals surface area contributed by atoms with Crippen LogP contribution in [-0.2, 0) is 11.3 Å². The standard InChI is InChI=1S/C18H21FN4O3S/c1-13-12-27-18(26)23(13)7-6-16(24)21-8-10-22(11-9-21)17(25)20-15-4-2-14(19)3-5-15/h2-5,12H,6-11H2,1H3,(H,20,25). The lowest BCUT2D eigenvalue weighted by Crippen LogP contribution is -2.51. The first-order valence-electron chi connectivity index (χ1n) is 8.68. The minimum absolute atomic E-state index is 0.0221. The average molecular weight is 392 g/mol. The summed E-state index contributed by atoms with van der Waals surface area (Å²) in [5, 5.41) is 4.50. The molecule has 1 aliphatic heterocycles. The molecule has 7 nitrogen and oxygen atoms in total. The maximum Gasteiger partial charge on any atom is 0.321 e. The van der Waals surface area contributed by atoms with Crippen LogP contribution in [0.3, 0.4) is 0 Å². The normalized spacial score (nSPS) is 14.3. The first kappa shape index (κ1) is 19.1. The zero-order valence-electron chi connectivity index (χ0n) is 15.0. The highest BCUT2D eigenvalue weighted by Gasteiger charge is 2.24. The van der Waals surface area contributed by atoms with Crippen molar-refractivity contribution in [3.05, 3.63) is 50.8 Å². The fourth-order valence-electron chi connectivity index (χ4n) is 2.93. The van der Waals surface area contributed by atoms with Gasteiger partial charge in [-0.15, -0.1) is 0 Å². The quantitative estimate of drug-likeness (QED) is 0.866. The highest BCUT2D eigenvalue weighted by Crippen LogP contribution is 2.11. The molecule has 1 saturated heterocycles. The number of thiazole rings is 1. The van der Waals surface area contributed by atoms with Crippen LogP contribution in [-0.4, -0.2) is 52.5 Å². The number of urea groups is 1. The summed E-state index contributed by atoms with van der Waals surface area (Å²) in [7, 11) is 0. The summed E-state index contributed by atoms with van der Waals surface area (Å²) in [6.07, 6.45) is 0.263. The molecule has 0 unspecified atom stereocenters. The molecule has 9 heteroatoms. The number of carbonyl (C=O) groups excluding carboxylic acids is 2. The van der Waals surface area contributed by atoms with Crippen molar-refractivity contribution in [3.63, 3.8) is 0 Å². The Kier molecular flexibility index (Phi) is 5.90. The lowest BCUT2D eigenvalue weighted by molar-refractivity contribution is -0.132. The average Bonchev–Trinajstić information content (AvgIpc) is 2.99. The molecule has 3 rings (SSSR count). The third-order valence-corrected chi connectivity index (χ3v) is 5.42. The fourth-order valence-corrected chi connectivity index (χ4v) is 3.70. The number of nitrogens with one attached hydrogen (secondary N) is 1. The Morgan fingerprint density at radius 3 is 2.33 bits per heavy atom. The van der Waals surface area contributed by atoms with E-state index in [4.69, 9.17) is 0 Å². The third kappa shape index (κ3) is 4.73. The number of aromatic nitrogens is 1. The summed E-state index contributed by atoms with van der Waals surface area (Å²) < 4.78 is 14.5. The second-order valence-corrected chi connectivity index (χ2v) is 7.17. The molecule has 1 N–H and O–H groups in total. The van der Waals surface area contributed by atoms with E-state index in [0.29, 0.717) is 38.4 Å². The Bertz CT molecular complexity index is 869. The van der Waals surface area contributed by atoms with Gasteiger partial charge < -0.3 is 19.7 Å². The largest absolute Gasteiger partial charge is 0.339 e. The van der Waals surface area contributed by atoms with Gasteiger partial charge in [-0.3, -0.25) is 9.59 Å². The smallest absolute Gasteiger partial charge is 0.321 e. The van der Waals surface area contributed by atoms with Gasteiger partial charge in [0.05, 0.1) is 0 Å². The molecule has 2 aromatic rings. The van der Waals surface area contributed by atoms with Gasteiger partial charge >= 0.3 is 10.9 Å². The predicted octanol–water partition coefficient (Wildman–Crippen LogP) is 2.12. The van der Waals surface area contributed by atoms with Gasteiger partial charge in [0.1, 0.15) is 5.82 Å². The van der Waals surface area contributed by atoms with Crippen LogP contribution in [0.15, 0.2) is 34.4 Å². The summed E-state index contributed by atoms with van der Waals surface area (Å²) >= 11 is 1.13. The molecule has 27 heavy (non-hydrogen) atoms. The third-order valence-electron chi connectivity index (χ3n) is 4.54. The summed E-state index contributed by atoms with van der Waals surface area (Å²) in [5.74, 6) is -0.383. The van der Waals surface area contributed by atoms with Crippen molar-refractivity contribution >= 4 is 29.0 Å². The van der Waals surface area contributed by atoms with E-state index >= 15 is 0 Å². The molecular formula is C18H21FN4O3S. The number of hydrogen-bond acceptors (Lipinski definition) is 4. The fraction of sp³-hybridized carbons (Fsp3) is 0.389. The Labute approximate surface area is 160 Å². The van der Waals surface area contributed by atoms with E-state index in [0.717, 1.165) is 17.0 Å². The molecule has 144 valence electrons. The maximum atomic E-state index is 12.9. The Hall–Kier alpha value is -2.68. The van der Waals surface area contributed by atoms with Crippen molar-refractivity contribution in [1.29, 1.82) is 0 Å². The van der Waals surface area contributed by atoms with Crippen molar-refractivity contribution in [2.75, 3.05) is 31.5 Å². The number of aryl methyl sites for hydroxylation is 1. The number of benzene rings is 1. The van der Waals surface area contributed by atoms with Gasteiger partial charge in [-0.05, 0) is 31.2 Å². The minimum atomic E-state index is -0.361. The molecule has 1 aromatic carbocycles. The van der Waals surface area contributed by atoms with E-state index in [1.165, 1.54) is 24.3 Å². The van der Waals surface area contributed by atoms with E-state index in [1.54, 1.807) is 19.7 Å². The van der Waals surface area contributed by atoms with Crippen LogP contribution in [0.25, 0.3) is 0 Å². The summed E-state index contributed by atoms with van der Waals surface area (Å²) in [4.78, 5) is 39.6. The van der Waals surface area contributed by atoms with Gasteiger partial charge in [-0.1, -0.05) is 11.3 Å². The van der Waals surface area contributed by atoms with Crippen molar-refractivity contribution in [2.45, 2.75) is 19.9 Å². The minimum Gasteiger partial charge on any atom is -0.339 e. The molecule has 0 atom stereocenters. The number of hydrogen-bond donors (Lipinski definition) is 1. The first-order valence-corrected chi connectivity index (χ1v) is 9.56. The summed E-state index contributed by atoms with van der Waals surface area (Å²) in [6, 6.07) is 5.30. The molecule has 0 spiro atoms. The molecule has 0 bridgehead atoms. The van der Waals surface area contributed by atoms with E-state index < -0.39 is 0 Å². The molecule has 0 saturated carbocycles. The highest BCUT2D eigenvalue weighted by atomic mass is 32.1. The number of nitrogens with zero attached hydrogens (tertiary/aromatic N) is 3. The second kappa shape index (κ2) is 8.34. The zero-order chi connectivity index (χ0) is 19.4. The van der Waals surface area contributed by atoms with E-state index in [-0.39, 0.29) is 29.0 Å². The van der Waals surface area contributed by atoms with Crippen LogP contribution in [0.1, 0.15) is 12.1 Å². The maximum absolute atomic E-state index is 12.9. The number of amides is 3. The van der Waals surface area contributed by atoms with Crippen LogP contribution < -0.4 is 10.2 Å². The Balaban J connectivity index is 1.46. The Morgan fingerprint density at radius 1 is 1.11 bits per heavy atom. The number of carbonyl (C=O) groups is 2. The van der Waals surface area contributed by atoms with Gasteiger partial charge in [-0.25, -0.2) is 9.18 Å². The monoisotopic (exact) mass is 392 g/mol. The van der Waals surface area contributed by atoms with Crippen LogP contribution in [0, 0.1) is 12.7 Å². The number of piperazine rings is 1. The van der Waals surface area contributed by atoms with Gasteiger partial charge in [0.2, 0.25) is 5.91 Å². The van der Waals surface area contributed by atoms with Gasteiger partial charge in [0, 0.05) is 55.9 Å². The first-order chi connectivity index (χ1) is 12.9. The lowest BCUT2D eigenvalue weighted by Gasteiger charge is -2.34. The number of rotatable bonds is 4. The van der Waals surface area contributed by atoms with Crippen molar-refractivity contribution in [1.82, 2.24) is 14.4 Å². The molecular weight excluding hydrogens is 371 g/mol. The van der Waals surface area contributed by atoms with Crippen LogP contribution >= 0.6 is 11.3 Å². The molecule has 0 radical (unpaired) electrons. The Morgan fingerprint density at radius 2 is 1.74 bits per heavy atom. The van der Waals surface area contributed by atoms with E-state index in [1.807, 2.05) is 6.92 Å². The predicted molar refractivity (Wildman–Crippen MR) is 102 cm³/mol. The van der Waals surface area contributed by atoms with Crippen molar-refractivity contribution < 1.29 is 14.0 Å². The van der Waals surface area contributed by atoms with Crippen molar-refractivity contribution in [2.24, 2.45) is 0 Å². The van der Waals surface area contributed by atoms with E-state index in [2.05, 4.69) is 5.32 Å². The van der Waals surface area contributed by atoms with Crippen LogP contribution in [0.2, 0.25) is 0 Å². The lowest BCUT2D eigenvalue weighted by atomic mass is 10.2. The van der Waals surface area contributed by atoms with Crippen LogP contribution in [0.4, 0.5) is 14.9 Å². The summed E-state index contributed by atoms with van der Waals surface area (Å²) in [5.41, 5.74) is 1.39. The number of halogens is 1. The second-order valence-electron chi connectivity index (χ2n) is 6.35. The zero-order valence-corrected chi connectivity index (χ0v) is 15.8. The molecule has 1 aliphatic rings. The molecule has 1 aromatic heterocycles. The van der Waals surface area contributed by atoms with Gasteiger partial charge in [0.15, 0.2) is 0 Å². The topological polar surface area (TPSA) is 74.7 Å². The van der Waals surface area contributed by atoms with Gasteiger partial charge in [-0.2, -0.15) is 0 Å².